The number of rotatable bonds is 5. The van der Waals surface area contributed by atoms with E-state index < -0.39 is 0 Å². The molecule has 1 heterocycles. The van der Waals surface area contributed by atoms with Crippen molar-refractivity contribution >= 4 is 0 Å². The normalized spacial score (nSPS) is 10.6. The Hall–Kier alpha value is -1.54. The fourth-order valence-electron chi connectivity index (χ4n) is 1.86. The third-order valence-corrected chi connectivity index (χ3v) is 2.77. The average Bonchev–Trinajstić information content (AvgIpc) is 2.78. The highest BCUT2D eigenvalue weighted by Crippen LogP contribution is 2.05. The molecule has 0 bridgehead atoms. The Balaban J connectivity index is 1.80. The molecule has 1 aromatic heterocycles. The number of aryl methyl sites for hydroxylation is 2. The Morgan fingerprint density at radius 3 is 2.50 bits per heavy atom. The summed E-state index contributed by atoms with van der Waals surface area (Å²) >= 11 is 0. The molecule has 2 nitrogen and oxygen atoms in total. The summed E-state index contributed by atoms with van der Waals surface area (Å²) in [7, 11) is 0. The highest BCUT2D eigenvalue weighted by molar-refractivity contribution is 5.14. The smallest absolute Gasteiger partial charge is 0.0222 e. The lowest BCUT2D eigenvalue weighted by Gasteiger charge is -2.03. The van der Waals surface area contributed by atoms with Gasteiger partial charge in [-0.2, -0.15) is 0 Å². The van der Waals surface area contributed by atoms with E-state index in [0.29, 0.717) is 6.54 Å². The van der Waals surface area contributed by atoms with Crippen LogP contribution in [0.4, 0.5) is 0 Å². The second-order valence-electron chi connectivity index (χ2n) is 4.05. The Kier molecular flexibility index (Phi) is 3.78. The largest absolute Gasteiger partial charge is 0.354 e. The van der Waals surface area contributed by atoms with E-state index in [1.54, 1.807) is 0 Å². The summed E-state index contributed by atoms with van der Waals surface area (Å²) in [4.78, 5) is 0. The molecule has 0 aliphatic rings. The van der Waals surface area contributed by atoms with Gasteiger partial charge in [-0.1, -0.05) is 30.3 Å². The van der Waals surface area contributed by atoms with E-state index >= 15 is 0 Å². The van der Waals surface area contributed by atoms with Gasteiger partial charge in [-0.05, 0) is 30.0 Å². The minimum absolute atomic E-state index is 0.631. The standard InChI is InChI=1S/C14H18N2/c15-11-14-8-10-16(12-14)9-4-7-13-5-2-1-3-6-13/h1-3,5-6,8,10,12H,4,7,9,11,15H2. The van der Waals surface area contributed by atoms with E-state index in [0.717, 1.165) is 13.0 Å². The van der Waals surface area contributed by atoms with Gasteiger partial charge in [-0.15, -0.1) is 0 Å². The summed E-state index contributed by atoms with van der Waals surface area (Å²) in [5, 5.41) is 0. The zero-order valence-corrected chi connectivity index (χ0v) is 9.47. The first-order valence-electron chi connectivity index (χ1n) is 5.77. The van der Waals surface area contributed by atoms with E-state index in [4.69, 9.17) is 5.73 Å². The van der Waals surface area contributed by atoms with Gasteiger partial charge in [0.2, 0.25) is 0 Å². The quantitative estimate of drug-likeness (QED) is 0.814. The highest BCUT2D eigenvalue weighted by Gasteiger charge is 1.95. The lowest BCUT2D eigenvalue weighted by atomic mass is 10.1. The number of hydrogen-bond acceptors (Lipinski definition) is 1. The van der Waals surface area contributed by atoms with Crippen molar-refractivity contribution in [1.29, 1.82) is 0 Å². The lowest BCUT2D eigenvalue weighted by molar-refractivity contribution is 0.644. The Bertz CT molecular complexity index is 417. The van der Waals surface area contributed by atoms with Crippen molar-refractivity contribution in [2.75, 3.05) is 0 Å². The molecule has 0 fully saturated rings. The van der Waals surface area contributed by atoms with E-state index in [2.05, 4.69) is 53.4 Å². The van der Waals surface area contributed by atoms with Crippen LogP contribution in [0.1, 0.15) is 17.5 Å². The summed E-state index contributed by atoms with van der Waals surface area (Å²) in [6.45, 7) is 1.70. The van der Waals surface area contributed by atoms with Crippen molar-refractivity contribution in [3.8, 4) is 0 Å². The van der Waals surface area contributed by atoms with Gasteiger partial charge in [0, 0.05) is 25.5 Å². The number of nitrogens with zero attached hydrogens (tertiary/aromatic N) is 1. The molecule has 0 atom stereocenters. The fourth-order valence-corrected chi connectivity index (χ4v) is 1.86. The molecule has 2 aromatic rings. The monoisotopic (exact) mass is 214 g/mol. The van der Waals surface area contributed by atoms with Crippen LogP contribution in [0.3, 0.4) is 0 Å². The second kappa shape index (κ2) is 5.52. The van der Waals surface area contributed by atoms with Crippen LogP contribution in [-0.4, -0.2) is 4.57 Å². The van der Waals surface area contributed by atoms with Gasteiger partial charge >= 0.3 is 0 Å². The van der Waals surface area contributed by atoms with E-state index in [9.17, 15) is 0 Å². The molecule has 0 aliphatic carbocycles. The molecule has 0 aliphatic heterocycles. The first-order chi connectivity index (χ1) is 7.88. The molecule has 16 heavy (non-hydrogen) atoms. The van der Waals surface area contributed by atoms with Crippen LogP contribution in [0.25, 0.3) is 0 Å². The molecular weight excluding hydrogens is 196 g/mol. The van der Waals surface area contributed by atoms with Crippen LogP contribution in [0.15, 0.2) is 48.8 Å². The maximum absolute atomic E-state index is 5.57. The topological polar surface area (TPSA) is 30.9 Å². The average molecular weight is 214 g/mol. The maximum atomic E-state index is 5.57. The number of benzene rings is 1. The number of nitrogens with two attached hydrogens (primary N) is 1. The van der Waals surface area contributed by atoms with Crippen LogP contribution in [0.5, 0.6) is 0 Å². The fraction of sp³-hybridized carbons (Fsp3) is 0.286. The van der Waals surface area contributed by atoms with E-state index in [-0.39, 0.29) is 0 Å². The third-order valence-electron chi connectivity index (χ3n) is 2.77. The minimum Gasteiger partial charge on any atom is -0.354 e. The van der Waals surface area contributed by atoms with Gasteiger partial charge in [0.25, 0.3) is 0 Å². The van der Waals surface area contributed by atoms with Gasteiger partial charge in [0.15, 0.2) is 0 Å². The summed E-state index contributed by atoms with van der Waals surface area (Å²) in [6.07, 6.45) is 6.54. The molecule has 0 unspecified atom stereocenters. The molecule has 0 saturated heterocycles. The maximum Gasteiger partial charge on any atom is 0.0222 e. The van der Waals surface area contributed by atoms with Gasteiger partial charge in [0.1, 0.15) is 0 Å². The molecule has 2 rings (SSSR count). The van der Waals surface area contributed by atoms with Gasteiger partial charge in [-0.25, -0.2) is 0 Å². The van der Waals surface area contributed by atoms with E-state index in [1.165, 1.54) is 17.5 Å². The predicted octanol–water partition coefficient (Wildman–Crippen LogP) is 2.58. The number of hydrogen-bond donors (Lipinski definition) is 1. The minimum atomic E-state index is 0.631. The summed E-state index contributed by atoms with van der Waals surface area (Å²) in [5.41, 5.74) is 8.19. The zero-order chi connectivity index (χ0) is 11.2. The summed E-state index contributed by atoms with van der Waals surface area (Å²) in [5.74, 6) is 0. The van der Waals surface area contributed by atoms with Crippen molar-refractivity contribution < 1.29 is 0 Å². The molecule has 0 saturated carbocycles. The van der Waals surface area contributed by atoms with Gasteiger partial charge < -0.3 is 10.3 Å². The SMILES string of the molecule is NCc1ccn(CCCc2ccccc2)c1. The Morgan fingerprint density at radius 1 is 1.00 bits per heavy atom. The first-order valence-corrected chi connectivity index (χ1v) is 5.77. The predicted molar refractivity (Wildman–Crippen MR) is 67.1 cm³/mol. The number of aromatic nitrogens is 1. The lowest BCUT2D eigenvalue weighted by Crippen LogP contribution is -1.98. The van der Waals surface area contributed by atoms with Gasteiger partial charge in [-0.3, -0.25) is 0 Å². The summed E-state index contributed by atoms with van der Waals surface area (Å²) < 4.78 is 2.21. The molecule has 1 aromatic carbocycles. The molecule has 0 amide bonds. The van der Waals surface area contributed by atoms with Crippen molar-refractivity contribution in [2.24, 2.45) is 5.73 Å². The third kappa shape index (κ3) is 2.97. The molecular formula is C14H18N2. The molecule has 2 N–H and O–H groups in total. The van der Waals surface area contributed by atoms with Crippen LogP contribution < -0.4 is 5.73 Å². The van der Waals surface area contributed by atoms with Crippen molar-refractivity contribution in [1.82, 2.24) is 4.57 Å². The Morgan fingerprint density at radius 2 is 1.81 bits per heavy atom. The van der Waals surface area contributed by atoms with Crippen LogP contribution in [0.2, 0.25) is 0 Å². The van der Waals surface area contributed by atoms with Gasteiger partial charge in [0.05, 0.1) is 0 Å². The van der Waals surface area contributed by atoms with E-state index in [1.807, 2.05) is 0 Å². The van der Waals surface area contributed by atoms with Crippen molar-refractivity contribution in [2.45, 2.75) is 25.9 Å². The van der Waals surface area contributed by atoms with Crippen LogP contribution in [-0.2, 0) is 19.5 Å². The summed E-state index contributed by atoms with van der Waals surface area (Å²) in [6, 6.07) is 12.7. The molecule has 2 heteroatoms. The Labute approximate surface area is 96.7 Å². The highest BCUT2D eigenvalue weighted by atomic mass is 14.9. The zero-order valence-electron chi connectivity index (χ0n) is 9.47. The molecule has 0 radical (unpaired) electrons. The van der Waals surface area contributed by atoms with Crippen molar-refractivity contribution in [3.63, 3.8) is 0 Å². The molecule has 0 spiro atoms. The van der Waals surface area contributed by atoms with Crippen LogP contribution in [0, 0.1) is 0 Å². The van der Waals surface area contributed by atoms with Crippen molar-refractivity contribution in [3.05, 3.63) is 59.9 Å². The first kappa shape index (κ1) is 11.0. The van der Waals surface area contributed by atoms with Crippen LogP contribution >= 0.6 is 0 Å². The molecule has 84 valence electrons. The second-order valence-corrected chi connectivity index (χ2v) is 4.05.